The Morgan fingerprint density at radius 2 is 0.481 bits per heavy atom. The highest BCUT2D eigenvalue weighted by Crippen LogP contribution is 2.45. The van der Waals surface area contributed by atoms with Crippen LogP contribution in [0.3, 0.4) is 0 Å². The summed E-state index contributed by atoms with van der Waals surface area (Å²) in [5, 5.41) is 10.7. The van der Waals surface area contributed by atoms with E-state index in [1.54, 1.807) is 0 Å². The van der Waals surface area contributed by atoms with Gasteiger partial charge in [0.2, 0.25) is 0 Å². The Kier molecular flexibility index (Phi) is 75.4. The summed E-state index contributed by atoms with van der Waals surface area (Å²) < 4.78 is 68.5. The van der Waals surface area contributed by atoms with Gasteiger partial charge < -0.3 is 33.8 Å². The monoisotopic (exact) mass is 1550 g/mol. The molecule has 614 valence electrons. The molecule has 3 N–H and O–H groups in total. The summed E-state index contributed by atoms with van der Waals surface area (Å²) in [5.74, 6) is -2.42. The molecule has 2 unspecified atom stereocenters. The number of rotatable bonds is 76. The minimum Gasteiger partial charge on any atom is -0.462 e. The van der Waals surface area contributed by atoms with Gasteiger partial charge in [-0.1, -0.05) is 288 Å². The van der Waals surface area contributed by atoms with Crippen molar-refractivity contribution < 1.29 is 80.2 Å². The van der Waals surface area contributed by atoms with Crippen LogP contribution in [0.5, 0.6) is 0 Å². The topological polar surface area (TPSA) is 237 Å². The van der Waals surface area contributed by atoms with Gasteiger partial charge in [0, 0.05) is 25.7 Å². The second-order valence-corrected chi connectivity index (χ2v) is 29.9. The number of esters is 4. The largest absolute Gasteiger partial charge is 0.472 e. The molecule has 0 saturated carbocycles. The van der Waals surface area contributed by atoms with Gasteiger partial charge in [0.15, 0.2) is 12.2 Å². The van der Waals surface area contributed by atoms with Crippen molar-refractivity contribution in [2.75, 3.05) is 39.6 Å². The molecule has 0 heterocycles. The predicted molar refractivity (Wildman–Crippen MR) is 445 cm³/mol. The first-order valence-corrected chi connectivity index (χ1v) is 44.4. The van der Waals surface area contributed by atoms with Crippen LogP contribution < -0.4 is 0 Å². The average molecular weight is 1550 g/mol. The van der Waals surface area contributed by atoms with E-state index < -0.39 is 97.5 Å². The summed E-state index contributed by atoms with van der Waals surface area (Å²) >= 11 is 0. The van der Waals surface area contributed by atoms with Crippen LogP contribution in [0.4, 0.5) is 0 Å². The lowest BCUT2D eigenvalue weighted by molar-refractivity contribution is -0.161. The Balaban J connectivity index is 5.55. The van der Waals surface area contributed by atoms with Gasteiger partial charge in [0.25, 0.3) is 0 Å². The van der Waals surface area contributed by atoms with E-state index in [1.807, 2.05) is 42.5 Å². The van der Waals surface area contributed by atoms with Gasteiger partial charge >= 0.3 is 39.5 Å². The zero-order chi connectivity index (χ0) is 78.9. The van der Waals surface area contributed by atoms with Crippen LogP contribution in [-0.2, 0) is 65.4 Å². The molecule has 0 aliphatic rings. The summed E-state index contributed by atoms with van der Waals surface area (Å²) in [7, 11) is -10.0. The summed E-state index contributed by atoms with van der Waals surface area (Å²) in [4.78, 5) is 73.1. The number of allylic oxidation sites excluding steroid dienone is 28. The van der Waals surface area contributed by atoms with Gasteiger partial charge in [-0.15, -0.1) is 0 Å². The van der Waals surface area contributed by atoms with Crippen molar-refractivity contribution in [3.05, 3.63) is 170 Å². The number of hydrogen-bond donors (Lipinski definition) is 3. The van der Waals surface area contributed by atoms with Crippen LogP contribution in [0.1, 0.15) is 310 Å². The van der Waals surface area contributed by atoms with Crippen LogP contribution >= 0.6 is 15.6 Å². The van der Waals surface area contributed by atoms with Gasteiger partial charge in [-0.3, -0.25) is 37.3 Å². The molecule has 108 heavy (non-hydrogen) atoms. The Morgan fingerprint density at radius 3 is 0.815 bits per heavy atom. The van der Waals surface area contributed by atoms with Gasteiger partial charge in [-0.25, -0.2) is 9.13 Å². The number of phosphoric ester groups is 2. The molecule has 0 saturated heterocycles. The molecule has 0 aliphatic carbocycles. The molecule has 0 radical (unpaired) electrons. The van der Waals surface area contributed by atoms with Gasteiger partial charge in [0.05, 0.1) is 26.4 Å². The third kappa shape index (κ3) is 78.5. The number of aliphatic hydroxyl groups is 1. The highest BCUT2D eigenvalue weighted by molar-refractivity contribution is 7.47. The molecular formula is C89H146O17P2. The quantitative estimate of drug-likeness (QED) is 0.0169. The molecular weight excluding hydrogens is 1400 g/mol. The first-order chi connectivity index (χ1) is 52.7. The summed E-state index contributed by atoms with van der Waals surface area (Å²) in [6.07, 6.45) is 95.0. The number of unbranched alkanes of at least 4 members (excludes halogenated alkanes) is 22. The fraction of sp³-hybridized carbons (Fsp3) is 0.640. The Labute approximate surface area is 654 Å². The Hall–Kier alpha value is -5.58. The zero-order valence-electron chi connectivity index (χ0n) is 67.2. The molecule has 0 aliphatic heterocycles. The highest BCUT2D eigenvalue weighted by atomic mass is 31.2. The molecule has 0 fully saturated rings. The maximum Gasteiger partial charge on any atom is 0.472 e. The van der Waals surface area contributed by atoms with E-state index in [0.29, 0.717) is 44.9 Å². The normalized spacial score (nSPS) is 14.7. The van der Waals surface area contributed by atoms with Crippen molar-refractivity contribution in [2.45, 2.75) is 329 Å². The summed E-state index contributed by atoms with van der Waals surface area (Å²) in [5.41, 5.74) is 0. The maximum absolute atomic E-state index is 13.1. The number of hydrogen-bond acceptors (Lipinski definition) is 15. The summed E-state index contributed by atoms with van der Waals surface area (Å²) in [6, 6.07) is 0. The minimum atomic E-state index is -5.02. The number of carbonyl (C=O) groups excluding carboxylic acids is 4. The zero-order valence-corrected chi connectivity index (χ0v) is 69.0. The number of ether oxygens (including phenoxy) is 4. The first-order valence-electron chi connectivity index (χ1n) is 41.4. The third-order valence-electron chi connectivity index (χ3n) is 16.6. The number of aliphatic hydroxyl groups excluding tert-OH is 1. The standard InChI is InChI=1S/C89H146O17P2/c1-5-9-13-17-21-25-29-33-37-40-41-44-47-50-54-58-62-66-70-74-87(92)100-80-85(106-89(94)76-72-68-64-60-56-52-48-43-39-35-31-27-23-19-15-11-7-3)82-104-108(97,98)102-78-83(90)77-101-107(95,96)103-81-84(105-88(93)75-71-67-63-59-55-51-45-36-32-28-24-20-16-12-8-4)79-99-86(91)73-69-65-61-57-53-49-46-42-38-34-30-26-22-18-14-10-6-2/h21-23,25-27,33-39,41,44-46,48-50,52,54,57,60-62,64,66,83-85,90H,5-20,24,28-32,40,42-43,47,51,53,55-56,58-59,63,65,67-82H2,1-4H3,(H,95,96)(H,97,98)/b25-21-,26-22-,27-23-,37-33-,38-34-,39-35-,44-41-,45-36-,49-46-,52-48-,54-50-,61-57-,64-60-,66-62-/t83-,84+,85+/m0/s1. The van der Waals surface area contributed by atoms with Crippen molar-refractivity contribution in [3.63, 3.8) is 0 Å². The van der Waals surface area contributed by atoms with E-state index in [1.165, 1.54) is 96.3 Å². The molecule has 0 spiro atoms. The molecule has 0 aromatic heterocycles. The smallest absolute Gasteiger partial charge is 0.462 e. The molecule has 19 heteroatoms. The van der Waals surface area contributed by atoms with Crippen LogP contribution in [0, 0.1) is 0 Å². The number of carbonyl (C=O) groups is 4. The molecule has 0 rings (SSSR count). The maximum atomic E-state index is 13.1. The van der Waals surface area contributed by atoms with Crippen molar-refractivity contribution in [1.82, 2.24) is 0 Å². The fourth-order valence-corrected chi connectivity index (χ4v) is 11.9. The molecule has 0 aromatic rings. The van der Waals surface area contributed by atoms with Crippen LogP contribution in [0.15, 0.2) is 170 Å². The lowest BCUT2D eigenvalue weighted by Crippen LogP contribution is -2.30. The van der Waals surface area contributed by atoms with Crippen LogP contribution in [-0.4, -0.2) is 96.7 Å². The summed E-state index contributed by atoms with van der Waals surface area (Å²) in [6.45, 7) is 4.56. The van der Waals surface area contributed by atoms with Gasteiger partial charge in [-0.05, 0) is 167 Å². The highest BCUT2D eigenvalue weighted by Gasteiger charge is 2.30. The average Bonchev–Trinajstić information content (AvgIpc) is 0.906. The Morgan fingerprint density at radius 1 is 0.259 bits per heavy atom. The third-order valence-corrected chi connectivity index (χ3v) is 18.5. The van der Waals surface area contributed by atoms with E-state index in [2.05, 4.69) is 155 Å². The minimum absolute atomic E-state index is 0.00368. The predicted octanol–water partition coefficient (Wildman–Crippen LogP) is 24.6. The lowest BCUT2D eigenvalue weighted by atomic mass is 10.1. The Bertz CT molecular complexity index is 2710. The second-order valence-electron chi connectivity index (χ2n) is 27.0. The van der Waals surface area contributed by atoms with Crippen molar-refractivity contribution in [1.29, 1.82) is 0 Å². The first kappa shape index (κ1) is 102. The van der Waals surface area contributed by atoms with E-state index >= 15 is 0 Å². The molecule has 17 nitrogen and oxygen atoms in total. The van der Waals surface area contributed by atoms with E-state index in [0.717, 1.165) is 116 Å². The van der Waals surface area contributed by atoms with Gasteiger partial charge in [-0.2, -0.15) is 0 Å². The molecule has 0 bridgehead atoms. The second kappa shape index (κ2) is 79.5. The van der Waals surface area contributed by atoms with Crippen molar-refractivity contribution >= 4 is 39.5 Å². The van der Waals surface area contributed by atoms with Crippen molar-refractivity contribution in [3.8, 4) is 0 Å². The molecule has 5 atom stereocenters. The van der Waals surface area contributed by atoms with Crippen molar-refractivity contribution in [2.24, 2.45) is 0 Å². The van der Waals surface area contributed by atoms with Gasteiger partial charge in [0.1, 0.15) is 19.3 Å². The molecule has 0 amide bonds. The lowest BCUT2D eigenvalue weighted by Gasteiger charge is -2.21. The van der Waals surface area contributed by atoms with E-state index in [4.69, 9.17) is 37.0 Å². The molecule has 0 aromatic carbocycles. The fourth-order valence-electron chi connectivity index (χ4n) is 10.3. The van der Waals surface area contributed by atoms with Crippen LogP contribution in [0.25, 0.3) is 0 Å². The van der Waals surface area contributed by atoms with E-state index in [9.17, 15) is 43.2 Å². The van der Waals surface area contributed by atoms with E-state index in [-0.39, 0.29) is 25.7 Å². The SMILES string of the molecule is CCCCC/C=C\C/C=C\C/C=C\C/C=C\C/C=C\CCC(=O)OC[C@H](COP(=O)(O)OC[C@@H](O)COP(=O)(O)OC[C@@H](COC(=O)CCC/C=C\C/C=C\C/C=C\C/C=C\CCCCC)OC(=O)CCCCCCC/C=C\CCCCCCCC)OC(=O)CCC/C=C\C/C=C\C/C=C\C/C=C\CCCCC. The number of phosphoric acid groups is 2. The van der Waals surface area contributed by atoms with Crippen LogP contribution in [0.2, 0.25) is 0 Å².